The van der Waals surface area contributed by atoms with Crippen molar-refractivity contribution in [3.63, 3.8) is 0 Å². The van der Waals surface area contributed by atoms with Gasteiger partial charge in [-0.3, -0.25) is 0 Å². The van der Waals surface area contributed by atoms with E-state index in [1.165, 1.54) is 0 Å². The van der Waals surface area contributed by atoms with Gasteiger partial charge in [0.05, 0.1) is 6.61 Å². The second-order valence-electron chi connectivity index (χ2n) is 1.88. The Kier molecular flexibility index (Phi) is 11.0. The molecule has 1 N–H and O–H groups in total. The third kappa shape index (κ3) is 7.79. The van der Waals surface area contributed by atoms with E-state index < -0.39 is 0 Å². The molecular formula is C7H16ClNO. The van der Waals surface area contributed by atoms with Crippen molar-refractivity contribution in [1.29, 1.82) is 0 Å². The maximum atomic E-state index is 4.86. The van der Waals surface area contributed by atoms with Crippen LogP contribution in [0.15, 0.2) is 12.3 Å². The summed E-state index contributed by atoms with van der Waals surface area (Å²) in [5, 5.41) is 3.11. The first kappa shape index (κ1) is 12.5. The van der Waals surface area contributed by atoms with Crippen LogP contribution < -0.4 is 5.32 Å². The fourth-order valence-electron chi connectivity index (χ4n) is 0.564. The second kappa shape index (κ2) is 8.79. The van der Waals surface area contributed by atoms with E-state index in [0.717, 1.165) is 25.3 Å². The zero-order chi connectivity index (χ0) is 7.11. The van der Waals surface area contributed by atoms with Gasteiger partial charge in [0.15, 0.2) is 0 Å². The molecule has 0 heterocycles. The number of nitrogens with one attached hydrogen (secondary N) is 1. The molecule has 0 aromatic rings. The van der Waals surface area contributed by atoms with Crippen LogP contribution in [0, 0.1) is 0 Å². The summed E-state index contributed by atoms with van der Waals surface area (Å²) in [7, 11) is 1.69. The molecule has 0 spiro atoms. The fraction of sp³-hybridized carbons (Fsp3) is 0.714. The van der Waals surface area contributed by atoms with Crippen LogP contribution in [0.3, 0.4) is 0 Å². The van der Waals surface area contributed by atoms with Crippen molar-refractivity contribution in [3.05, 3.63) is 12.3 Å². The molecule has 0 unspecified atom stereocenters. The molecule has 0 aromatic carbocycles. The highest BCUT2D eigenvalue weighted by molar-refractivity contribution is 5.85. The van der Waals surface area contributed by atoms with Crippen LogP contribution in [-0.2, 0) is 4.74 Å². The average molecular weight is 166 g/mol. The maximum absolute atomic E-state index is 4.86. The summed E-state index contributed by atoms with van der Waals surface area (Å²) in [6.45, 7) is 7.55. The minimum atomic E-state index is 0. The lowest BCUT2D eigenvalue weighted by molar-refractivity contribution is 0.201. The van der Waals surface area contributed by atoms with E-state index in [-0.39, 0.29) is 12.4 Å². The highest BCUT2D eigenvalue weighted by atomic mass is 35.5. The van der Waals surface area contributed by atoms with E-state index in [4.69, 9.17) is 4.74 Å². The van der Waals surface area contributed by atoms with Crippen molar-refractivity contribution < 1.29 is 4.74 Å². The summed E-state index contributed by atoms with van der Waals surface area (Å²) in [5.41, 5.74) is 1.05. The van der Waals surface area contributed by atoms with Gasteiger partial charge in [-0.1, -0.05) is 6.58 Å². The molecule has 0 saturated heterocycles. The molecule has 0 fully saturated rings. The topological polar surface area (TPSA) is 21.3 Å². The number of halogens is 1. The van der Waals surface area contributed by atoms with Crippen LogP contribution in [0.4, 0.5) is 0 Å². The second-order valence-corrected chi connectivity index (χ2v) is 1.88. The Labute approximate surface area is 69.1 Å². The van der Waals surface area contributed by atoms with Crippen molar-refractivity contribution in [2.45, 2.75) is 13.3 Å². The summed E-state index contributed by atoms with van der Waals surface area (Å²) in [4.78, 5) is 0. The molecule has 10 heavy (non-hydrogen) atoms. The quantitative estimate of drug-likeness (QED) is 0.668. The fourth-order valence-corrected chi connectivity index (χ4v) is 0.564. The molecule has 0 aromatic heterocycles. The average Bonchev–Trinajstić information content (AvgIpc) is 1.85. The highest BCUT2D eigenvalue weighted by Gasteiger charge is 1.88. The molecule has 0 saturated carbocycles. The molecule has 0 aliphatic rings. The van der Waals surface area contributed by atoms with Crippen LogP contribution in [0.25, 0.3) is 0 Å². The Hall–Kier alpha value is -0.210. The zero-order valence-electron chi connectivity index (χ0n) is 6.64. The Balaban J connectivity index is 0. The highest BCUT2D eigenvalue weighted by Crippen LogP contribution is 1.90. The van der Waals surface area contributed by atoms with Gasteiger partial charge in [-0.2, -0.15) is 0 Å². The monoisotopic (exact) mass is 165 g/mol. The number of rotatable bonds is 5. The summed E-state index contributed by atoms with van der Waals surface area (Å²) >= 11 is 0. The summed E-state index contributed by atoms with van der Waals surface area (Å²) < 4.78 is 4.86. The van der Waals surface area contributed by atoms with E-state index in [2.05, 4.69) is 18.8 Å². The number of ether oxygens (including phenoxy) is 1. The molecule has 0 amide bonds. The van der Waals surface area contributed by atoms with Gasteiger partial charge in [0.25, 0.3) is 0 Å². The van der Waals surface area contributed by atoms with Gasteiger partial charge < -0.3 is 10.1 Å². The summed E-state index contributed by atoms with van der Waals surface area (Å²) in [6, 6.07) is 0. The molecule has 0 bridgehead atoms. The maximum Gasteiger partial charge on any atom is 0.0516 e. The molecule has 0 atom stereocenters. The van der Waals surface area contributed by atoms with E-state index in [9.17, 15) is 0 Å². The molecule has 0 aliphatic carbocycles. The standard InChI is InChI=1S/C7H15NO.ClH/c1-4-8-7(2)5-6-9-3;/h8H,2,4-6H2,1,3H3;1H. The summed E-state index contributed by atoms with van der Waals surface area (Å²) in [6.07, 6.45) is 0.907. The minimum absolute atomic E-state index is 0. The van der Waals surface area contributed by atoms with E-state index in [1.807, 2.05) is 0 Å². The predicted octanol–water partition coefficient (Wildman–Crippen LogP) is 1.57. The first-order valence-corrected chi connectivity index (χ1v) is 3.21. The first-order valence-electron chi connectivity index (χ1n) is 3.21. The van der Waals surface area contributed by atoms with Crippen LogP contribution >= 0.6 is 12.4 Å². The molecular weight excluding hydrogens is 150 g/mol. The van der Waals surface area contributed by atoms with Gasteiger partial charge in [0.1, 0.15) is 0 Å². The SMILES string of the molecule is C=C(CCOC)NCC.Cl. The van der Waals surface area contributed by atoms with Crippen molar-refractivity contribution in [1.82, 2.24) is 5.32 Å². The Morgan fingerprint density at radius 3 is 2.60 bits per heavy atom. The van der Waals surface area contributed by atoms with Gasteiger partial charge in [-0.15, -0.1) is 12.4 Å². The third-order valence-corrected chi connectivity index (χ3v) is 1.03. The van der Waals surface area contributed by atoms with Crippen molar-refractivity contribution in [2.75, 3.05) is 20.3 Å². The zero-order valence-corrected chi connectivity index (χ0v) is 7.46. The smallest absolute Gasteiger partial charge is 0.0516 e. The van der Waals surface area contributed by atoms with Crippen molar-refractivity contribution >= 4 is 12.4 Å². The number of methoxy groups -OCH3 is 1. The third-order valence-electron chi connectivity index (χ3n) is 1.03. The van der Waals surface area contributed by atoms with Crippen molar-refractivity contribution in [2.24, 2.45) is 0 Å². The van der Waals surface area contributed by atoms with E-state index >= 15 is 0 Å². The Morgan fingerprint density at radius 2 is 2.20 bits per heavy atom. The normalized spacial score (nSPS) is 8.20. The van der Waals surface area contributed by atoms with Crippen molar-refractivity contribution in [3.8, 4) is 0 Å². The van der Waals surface area contributed by atoms with Crippen LogP contribution in [-0.4, -0.2) is 20.3 Å². The lowest BCUT2D eigenvalue weighted by Crippen LogP contribution is -2.12. The lowest BCUT2D eigenvalue weighted by atomic mass is 10.3. The Morgan fingerprint density at radius 1 is 1.60 bits per heavy atom. The van der Waals surface area contributed by atoms with E-state index in [0.29, 0.717) is 0 Å². The van der Waals surface area contributed by atoms with Crippen LogP contribution in [0.5, 0.6) is 0 Å². The van der Waals surface area contributed by atoms with E-state index in [1.54, 1.807) is 7.11 Å². The predicted molar refractivity (Wildman–Crippen MR) is 46.6 cm³/mol. The molecule has 2 nitrogen and oxygen atoms in total. The van der Waals surface area contributed by atoms with Crippen LogP contribution in [0.2, 0.25) is 0 Å². The summed E-state index contributed by atoms with van der Waals surface area (Å²) in [5.74, 6) is 0. The van der Waals surface area contributed by atoms with Gasteiger partial charge in [0.2, 0.25) is 0 Å². The molecule has 3 heteroatoms. The van der Waals surface area contributed by atoms with Crippen LogP contribution in [0.1, 0.15) is 13.3 Å². The van der Waals surface area contributed by atoms with Gasteiger partial charge >= 0.3 is 0 Å². The molecule has 62 valence electrons. The van der Waals surface area contributed by atoms with Gasteiger partial charge in [-0.25, -0.2) is 0 Å². The largest absolute Gasteiger partial charge is 0.389 e. The van der Waals surface area contributed by atoms with Gasteiger partial charge in [-0.05, 0) is 6.92 Å². The first-order chi connectivity index (χ1) is 4.31. The molecule has 0 aliphatic heterocycles. The number of hydrogen-bond donors (Lipinski definition) is 1. The molecule has 0 radical (unpaired) electrons. The number of hydrogen-bond acceptors (Lipinski definition) is 2. The Bertz CT molecular complexity index is 85.7. The molecule has 0 rings (SSSR count). The van der Waals surface area contributed by atoms with Gasteiger partial charge in [0, 0.05) is 25.8 Å². The minimum Gasteiger partial charge on any atom is -0.389 e. The lowest BCUT2D eigenvalue weighted by Gasteiger charge is -2.04.